The van der Waals surface area contributed by atoms with Gasteiger partial charge in [0, 0.05) is 24.4 Å². The fourth-order valence-corrected chi connectivity index (χ4v) is 5.99. The summed E-state index contributed by atoms with van der Waals surface area (Å²) in [5.74, 6) is 0.403. The van der Waals surface area contributed by atoms with Crippen LogP contribution >= 0.6 is 0 Å². The Bertz CT molecular complexity index is 832. The number of hydrogen-bond acceptors (Lipinski definition) is 10. The van der Waals surface area contributed by atoms with Gasteiger partial charge in [-0.1, -0.05) is 13.8 Å². The van der Waals surface area contributed by atoms with E-state index in [1.165, 1.54) is 0 Å². The summed E-state index contributed by atoms with van der Waals surface area (Å²) in [6.45, 7) is 11.0. The number of allylic oxidation sites excluding steroid dienone is 2. The summed E-state index contributed by atoms with van der Waals surface area (Å²) < 4.78 is 23.8. The predicted molar refractivity (Wildman–Crippen MR) is 141 cm³/mol. The van der Waals surface area contributed by atoms with Gasteiger partial charge in [0.1, 0.15) is 29.5 Å². The number of hydrogen-bond donors (Lipinski definition) is 6. The lowest BCUT2D eigenvalue weighted by Crippen LogP contribution is -2.68. The molecule has 3 rings (SSSR count). The van der Waals surface area contributed by atoms with Gasteiger partial charge in [-0.25, -0.2) is 4.79 Å². The summed E-state index contributed by atoms with van der Waals surface area (Å²) in [7, 11) is 1.64. The third kappa shape index (κ3) is 6.99. The molecule has 11 heteroatoms. The van der Waals surface area contributed by atoms with Crippen LogP contribution in [-0.2, 0) is 18.9 Å². The molecule has 0 aromatic carbocycles. The van der Waals surface area contributed by atoms with E-state index in [0.717, 1.165) is 18.6 Å². The van der Waals surface area contributed by atoms with Crippen LogP contribution in [0.2, 0.25) is 0 Å². The van der Waals surface area contributed by atoms with Gasteiger partial charge in [0.15, 0.2) is 6.29 Å². The van der Waals surface area contributed by atoms with Crippen LogP contribution in [0.25, 0.3) is 0 Å². The molecule has 1 aliphatic carbocycles. The Labute approximate surface area is 226 Å². The second-order valence-electron chi connectivity index (χ2n) is 12.1. The number of nitrogens with two attached hydrogens (primary N) is 1. The normalized spacial score (nSPS) is 42.1. The van der Waals surface area contributed by atoms with E-state index in [0.29, 0.717) is 12.8 Å². The molecule has 0 spiro atoms. The van der Waals surface area contributed by atoms with Crippen molar-refractivity contribution in [2.75, 3.05) is 13.7 Å². The fourth-order valence-electron chi connectivity index (χ4n) is 5.99. The van der Waals surface area contributed by atoms with Crippen molar-refractivity contribution in [2.24, 2.45) is 17.6 Å². The minimum atomic E-state index is -1.31. The van der Waals surface area contributed by atoms with Crippen LogP contribution in [0.1, 0.15) is 67.2 Å². The van der Waals surface area contributed by atoms with E-state index in [-0.39, 0.29) is 12.5 Å². The predicted octanol–water partition coefficient (Wildman–Crippen LogP) is 1.14. The quantitative estimate of drug-likeness (QED) is 0.274. The van der Waals surface area contributed by atoms with Crippen LogP contribution in [-0.4, -0.2) is 95.1 Å². The monoisotopic (exact) mass is 543 g/mol. The zero-order valence-electron chi connectivity index (χ0n) is 23.8. The molecule has 0 aromatic heterocycles. The summed E-state index contributed by atoms with van der Waals surface area (Å²) in [5.41, 5.74) is 4.53. The van der Waals surface area contributed by atoms with Crippen LogP contribution in [0, 0.1) is 11.8 Å². The van der Waals surface area contributed by atoms with Crippen molar-refractivity contribution in [1.82, 2.24) is 10.6 Å². The Morgan fingerprint density at radius 1 is 1.26 bits per heavy atom. The zero-order chi connectivity index (χ0) is 28.4. The van der Waals surface area contributed by atoms with Crippen LogP contribution in [0.15, 0.2) is 11.8 Å². The largest absolute Gasteiger partial charge is 0.494 e. The van der Waals surface area contributed by atoms with Crippen LogP contribution in [0.4, 0.5) is 4.79 Å². The van der Waals surface area contributed by atoms with Crippen LogP contribution in [0.5, 0.6) is 0 Å². The number of nitrogens with one attached hydrogen (secondary N) is 2. The van der Waals surface area contributed by atoms with Crippen molar-refractivity contribution in [2.45, 2.75) is 127 Å². The molecule has 0 aromatic rings. The van der Waals surface area contributed by atoms with E-state index in [9.17, 15) is 20.1 Å². The minimum Gasteiger partial charge on any atom is -0.494 e. The molecule has 11 nitrogen and oxygen atoms in total. The lowest BCUT2D eigenvalue weighted by Gasteiger charge is -2.50. The van der Waals surface area contributed by atoms with Gasteiger partial charge in [-0.3, -0.25) is 0 Å². The molecule has 2 fully saturated rings. The second kappa shape index (κ2) is 12.4. The Balaban J connectivity index is 1.88. The number of carbonyl (C=O) groups excluding carboxylic acids is 1. The maximum Gasteiger partial charge on any atom is 0.407 e. The van der Waals surface area contributed by atoms with Gasteiger partial charge < -0.3 is 50.6 Å². The van der Waals surface area contributed by atoms with Gasteiger partial charge in [-0.15, -0.1) is 0 Å². The lowest BCUT2D eigenvalue weighted by molar-refractivity contribution is -0.297. The van der Waals surface area contributed by atoms with Crippen molar-refractivity contribution in [3.63, 3.8) is 0 Å². The first-order chi connectivity index (χ1) is 17.7. The molecule has 3 aliphatic rings. The molecule has 0 bridgehead atoms. The molecule has 11 unspecified atom stereocenters. The number of amides is 1. The van der Waals surface area contributed by atoms with E-state index in [2.05, 4.69) is 23.6 Å². The molecule has 1 saturated heterocycles. The average molecular weight is 544 g/mol. The molecule has 0 radical (unpaired) electrons. The van der Waals surface area contributed by atoms with Gasteiger partial charge in [-0.05, 0) is 66.0 Å². The van der Waals surface area contributed by atoms with Crippen LogP contribution in [0.3, 0.4) is 0 Å². The molecule has 2 heterocycles. The van der Waals surface area contributed by atoms with E-state index >= 15 is 0 Å². The maximum atomic E-state index is 12.8. The molecule has 1 amide bonds. The topological polar surface area (TPSA) is 165 Å². The van der Waals surface area contributed by atoms with E-state index in [1.54, 1.807) is 34.7 Å². The van der Waals surface area contributed by atoms with Gasteiger partial charge in [0.2, 0.25) is 0 Å². The highest BCUT2D eigenvalue weighted by atomic mass is 16.7. The highest BCUT2D eigenvalue weighted by molar-refractivity contribution is 5.68. The molecule has 1 saturated carbocycles. The smallest absolute Gasteiger partial charge is 0.407 e. The van der Waals surface area contributed by atoms with E-state index < -0.39 is 72.0 Å². The second-order valence-corrected chi connectivity index (χ2v) is 12.1. The Hall–Kier alpha value is -1.47. The summed E-state index contributed by atoms with van der Waals surface area (Å²) in [6.07, 6.45) is -0.633. The first kappa shape index (κ1) is 31.1. The molecule has 2 aliphatic heterocycles. The summed E-state index contributed by atoms with van der Waals surface area (Å²) in [6, 6.07) is -1.93. The number of alkyl carbamates (subject to hydrolysis) is 1. The number of carbonyl (C=O) groups is 1. The molecule has 11 atom stereocenters. The number of aliphatic hydroxyl groups is 3. The summed E-state index contributed by atoms with van der Waals surface area (Å²) in [4.78, 5) is 12.8. The van der Waals surface area contributed by atoms with Gasteiger partial charge >= 0.3 is 6.09 Å². The number of ether oxygens (including phenoxy) is 4. The highest BCUT2D eigenvalue weighted by Crippen LogP contribution is 2.40. The summed E-state index contributed by atoms with van der Waals surface area (Å²) >= 11 is 0. The first-order valence-electron chi connectivity index (χ1n) is 13.9. The number of rotatable bonds is 7. The average Bonchev–Trinajstić information content (AvgIpc) is 2.81. The van der Waals surface area contributed by atoms with Crippen LogP contribution < -0.4 is 16.4 Å². The standard InChI is InChI=1S/C27H49N3O8/c1-8-14-10-11-15(9-2)36-21(14)18-17(30-25(33)38-26(3,4)5)12-16(28)22(19(18)31)37-24-20(32)23(29-7)27(6,34)13-35-24/h11,14,16-24,29,31-32,34H,8-10,12-13,28H2,1-7H3,(H,30,33). The highest BCUT2D eigenvalue weighted by Gasteiger charge is 2.53. The van der Waals surface area contributed by atoms with Gasteiger partial charge in [0.25, 0.3) is 0 Å². The Kier molecular flexibility index (Phi) is 10.1. The summed E-state index contributed by atoms with van der Waals surface area (Å²) in [5, 5.41) is 39.2. The molecular weight excluding hydrogens is 494 g/mol. The molecule has 7 N–H and O–H groups in total. The first-order valence-corrected chi connectivity index (χ1v) is 13.9. The Morgan fingerprint density at radius 2 is 1.95 bits per heavy atom. The Morgan fingerprint density at radius 3 is 2.53 bits per heavy atom. The zero-order valence-corrected chi connectivity index (χ0v) is 23.8. The fraction of sp³-hybridized carbons (Fsp3) is 0.889. The van der Waals surface area contributed by atoms with Crippen molar-refractivity contribution >= 4 is 6.09 Å². The lowest BCUT2D eigenvalue weighted by atomic mass is 9.70. The SMILES string of the molecule is CCC1=CCC(CC)C(C2C(NC(=O)OC(C)(C)C)CC(N)C(OC3OCC(C)(O)C(NC)C3O)C2O)O1. The van der Waals surface area contributed by atoms with Gasteiger partial charge in [-0.2, -0.15) is 0 Å². The van der Waals surface area contributed by atoms with Gasteiger partial charge in [0.05, 0.1) is 24.5 Å². The molecule has 38 heavy (non-hydrogen) atoms. The number of aliphatic hydroxyl groups excluding tert-OH is 2. The van der Waals surface area contributed by atoms with E-state index in [4.69, 9.17) is 24.7 Å². The third-order valence-corrected chi connectivity index (χ3v) is 7.93. The maximum absolute atomic E-state index is 12.8. The van der Waals surface area contributed by atoms with Crippen molar-refractivity contribution in [3.05, 3.63) is 11.8 Å². The molecule has 220 valence electrons. The van der Waals surface area contributed by atoms with E-state index in [1.807, 2.05) is 6.92 Å². The third-order valence-electron chi connectivity index (χ3n) is 7.93. The van der Waals surface area contributed by atoms with Crippen molar-refractivity contribution in [3.8, 4) is 0 Å². The molecular formula is C27H49N3O8. The van der Waals surface area contributed by atoms with Crippen molar-refractivity contribution in [1.29, 1.82) is 0 Å². The minimum absolute atomic E-state index is 0.0706. The van der Waals surface area contributed by atoms with Crippen molar-refractivity contribution < 1.29 is 39.1 Å². The number of likely N-dealkylation sites (N-methyl/N-ethyl adjacent to an activating group) is 1.